The Morgan fingerprint density at radius 1 is 1.32 bits per heavy atom. The SMILES string of the molecule is Cc1cccc(-c2[nH]ncc2N2CCC(N)CC2)c1. The molecule has 0 bridgehead atoms. The van der Waals surface area contributed by atoms with Gasteiger partial charge in [-0.05, 0) is 25.8 Å². The minimum absolute atomic E-state index is 0.352. The van der Waals surface area contributed by atoms with Gasteiger partial charge in [0.25, 0.3) is 0 Å². The Labute approximate surface area is 113 Å². The van der Waals surface area contributed by atoms with E-state index in [0.717, 1.165) is 31.6 Å². The lowest BCUT2D eigenvalue weighted by atomic mass is 10.0. The summed E-state index contributed by atoms with van der Waals surface area (Å²) in [7, 11) is 0. The molecular formula is C15H20N4. The van der Waals surface area contributed by atoms with Gasteiger partial charge in [-0.15, -0.1) is 0 Å². The summed E-state index contributed by atoms with van der Waals surface area (Å²) >= 11 is 0. The maximum Gasteiger partial charge on any atom is 0.0884 e. The molecule has 19 heavy (non-hydrogen) atoms. The molecule has 2 heterocycles. The van der Waals surface area contributed by atoms with Gasteiger partial charge < -0.3 is 10.6 Å². The first-order chi connectivity index (χ1) is 9.24. The number of hydrogen-bond acceptors (Lipinski definition) is 3. The minimum Gasteiger partial charge on any atom is -0.368 e. The van der Waals surface area contributed by atoms with Gasteiger partial charge in [-0.1, -0.05) is 23.8 Å². The van der Waals surface area contributed by atoms with E-state index in [9.17, 15) is 0 Å². The molecule has 0 unspecified atom stereocenters. The van der Waals surface area contributed by atoms with Crippen LogP contribution in [0.4, 0.5) is 5.69 Å². The quantitative estimate of drug-likeness (QED) is 0.867. The number of benzene rings is 1. The van der Waals surface area contributed by atoms with Crippen molar-refractivity contribution in [2.45, 2.75) is 25.8 Å². The van der Waals surface area contributed by atoms with Crippen LogP contribution in [0.3, 0.4) is 0 Å². The second-order valence-electron chi connectivity index (χ2n) is 5.32. The van der Waals surface area contributed by atoms with Gasteiger partial charge in [0.15, 0.2) is 0 Å². The molecule has 4 heteroatoms. The van der Waals surface area contributed by atoms with Crippen LogP contribution < -0.4 is 10.6 Å². The van der Waals surface area contributed by atoms with Crippen LogP contribution in [0, 0.1) is 6.92 Å². The van der Waals surface area contributed by atoms with Crippen molar-refractivity contribution in [3.05, 3.63) is 36.0 Å². The molecule has 4 nitrogen and oxygen atoms in total. The summed E-state index contributed by atoms with van der Waals surface area (Å²) in [6.45, 7) is 4.14. The van der Waals surface area contributed by atoms with Gasteiger partial charge in [-0.3, -0.25) is 5.10 Å². The summed E-state index contributed by atoms with van der Waals surface area (Å²) in [5.41, 5.74) is 10.7. The molecule has 3 rings (SSSR count). The lowest BCUT2D eigenvalue weighted by Gasteiger charge is -2.31. The van der Waals surface area contributed by atoms with E-state index in [-0.39, 0.29) is 0 Å². The molecule has 0 radical (unpaired) electrons. The van der Waals surface area contributed by atoms with E-state index in [1.165, 1.54) is 16.8 Å². The van der Waals surface area contributed by atoms with Gasteiger partial charge in [0.1, 0.15) is 0 Å². The van der Waals surface area contributed by atoms with E-state index in [4.69, 9.17) is 5.73 Å². The highest BCUT2D eigenvalue weighted by Crippen LogP contribution is 2.30. The molecule has 1 saturated heterocycles. The Morgan fingerprint density at radius 2 is 2.11 bits per heavy atom. The number of piperidine rings is 1. The highest BCUT2D eigenvalue weighted by atomic mass is 15.2. The number of aromatic amines is 1. The number of aromatic nitrogens is 2. The van der Waals surface area contributed by atoms with E-state index in [2.05, 4.69) is 46.3 Å². The van der Waals surface area contributed by atoms with Crippen molar-refractivity contribution in [1.29, 1.82) is 0 Å². The molecular weight excluding hydrogens is 236 g/mol. The first kappa shape index (κ1) is 12.2. The van der Waals surface area contributed by atoms with Crippen molar-refractivity contribution in [2.75, 3.05) is 18.0 Å². The van der Waals surface area contributed by atoms with E-state index in [1.54, 1.807) is 0 Å². The predicted molar refractivity (Wildman–Crippen MR) is 78.2 cm³/mol. The van der Waals surface area contributed by atoms with E-state index in [0.29, 0.717) is 6.04 Å². The van der Waals surface area contributed by atoms with Gasteiger partial charge >= 0.3 is 0 Å². The average Bonchev–Trinajstić information content (AvgIpc) is 2.89. The number of aryl methyl sites for hydroxylation is 1. The van der Waals surface area contributed by atoms with Crippen LogP contribution in [-0.4, -0.2) is 29.3 Å². The Bertz CT molecular complexity index is 553. The van der Waals surface area contributed by atoms with Crippen LogP contribution in [0.1, 0.15) is 18.4 Å². The number of nitrogens with two attached hydrogens (primary N) is 1. The van der Waals surface area contributed by atoms with Gasteiger partial charge in [-0.2, -0.15) is 5.10 Å². The largest absolute Gasteiger partial charge is 0.368 e. The van der Waals surface area contributed by atoms with E-state index in [1.807, 2.05) is 6.20 Å². The summed E-state index contributed by atoms with van der Waals surface area (Å²) < 4.78 is 0. The molecule has 0 atom stereocenters. The number of rotatable bonds is 2. The van der Waals surface area contributed by atoms with Crippen LogP contribution in [0.25, 0.3) is 11.3 Å². The fourth-order valence-electron chi connectivity index (χ4n) is 2.67. The maximum atomic E-state index is 5.97. The van der Waals surface area contributed by atoms with E-state index < -0.39 is 0 Å². The molecule has 0 saturated carbocycles. The molecule has 0 spiro atoms. The molecule has 1 aliphatic rings. The average molecular weight is 256 g/mol. The Morgan fingerprint density at radius 3 is 2.84 bits per heavy atom. The predicted octanol–water partition coefficient (Wildman–Crippen LogP) is 2.31. The number of H-pyrrole nitrogens is 1. The molecule has 2 aromatic rings. The second kappa shape index (κ2) is 5.05. The van der Waals surface area contributed by atoms with Crippen molar-refractivity contribution < 1.29 is 0 Å². The molecule has 1 fully saturated rings. The third-order valence-corrected chi connectivity index (χ3v) is 3.81. The zero-order valence-electron chi connectivity index (χ0n) is 11.3. The highest BCUT2D eigenvalue weighted by molar-refractivity contribution is 5.75. The highest BCUT2D eigenvalue weighted by Gasteiger charge is 2.20. The van der Waals surface area contributed by atoms with Crippen LogP contribution >= 0.6 is 0 Å². The van der Waals surface area contributed by atoms with Gasteiger partial charge in [-0.25, -0.2) is 0 Å². The number of nitrogens with one attached hydrogen (secondary N) is 1. The van der Waals surface area contributed by atoms with Crippen LogP contribution in [0.15, 0.2) is 30.5 Å². The minimum atomic E-state index is 0.352. The fourth-order valence-corrected chi connectivity index (χ4v) is 2.67. The number of anilines is 1. The molecule has 1 aliphatic heterocycles. The van der Waals surface area contributed by atoms with Crippen molar-refractivity contribution in [2.24, 2.45) is 5.73 Å². The summed E-state index contributed by atoms with van der Waals surface area (Å²) in [5, 5.41) is 7.36. The van der Waals surface area contributed by atoms with Crippen molar-refractivity contribution in [1.82, 2.24) is 10.2 Å². The van der Waals surface area contributed by atoms with Gasteiger partial charge in [0, 0.05) is 24.7 Å². The summed E-state index contributed by atoms with van der Waals surface area (Å²) in [5.74, 6) is 0. The fraction of sp³-hybridized carbons (Fsp3) is 0.400. The Kier molecular flexibility index (Phi) is 3.25. The molecule has 0 amide bonds. The van der Waals surface area contributed by atoms with Crippen molar-refractivity contribution in [3.63, 3.8) is 0 Å². The maximum absolute atomic E-state index is 5.97. The topological polar surface area (TPSA) is 57.9 Å². The normalized spacial score (nSPS) is 16.8. The van der Waals surface area contributed by atoms with Crippen LogP contribution in [0.5, 0.6) is 0 Å². The van der Waals surface area contributed by atoms with Crippen molar-refractivity contribution in [3.8, 4) is 11.3 Å². The standard InChI is InChI=1S/C15H20N4/c1-11-3-2-4-12(9-11)15-14(10-17-18-15)19-7-5-13(16)6-8-19/h2-4,9-10,13H,5-8,16H2,1H3,(H,17,18). The van der Waals surface area contributed by atoms with Crippen LogP contribution in [0.2, 0.25) is 0 Å². The second-order valence-corrected chi connectivity index (χ2v) is 5.32. The lowest BCUT2D eigenvalue weighted by Crippen LogP contribution is -2.39. The zero-order valence-corrected chi connectivity index (χ0v) is 11.3. The molecule has 100 valence electrons. The summed E-state index contributed by atoms with van der Waals surface area (Å²) in [4.78, 5) is 2.38. The third kappa shape index (κ3) is 2.49. The molecule has 1 aromatic heterocycles. The van der Waals surface area contributed by atoms with Gasteiger partial charge in [0.2, 0.25) is 0 Å². The zero-order chi connectivity index (χ0) is 13.2. The first-order valence-corrected chi connectivity index (χ1v) is 6.85. The Hall–Kier alpha value is -1.81. The first-order valence-electron chi connectivity index (χ1n) is 6.85. The summed E-state index contributed by atoms with van der Waals surface area (Å²) in [6.07, 6.45) is 4.03. The van der Waals surface area contributed by atoms with E-state index >= 15 is 0 Å². The molecule has 0 aliphatic carbocycles. The summed E-state index contributed by atoms with van der Waals surface area (Å²) in [6, 6.07) is 8.86. The lowest BCUT2D eigenvalue weighted by molar-refractivity contribution is 0.501. The smallest absolute Gasteiger partial charge is 0.0884 e. The molecule has 1 aromatic carbocycles. The van der Waals surface area contributed by atoms with Crippen LogP contribution in [-0.2, 0) is 0 Å². The number of nitrogens with zero attached hydrogens (tertiary/aromatic N) is 2. The molecule has 3 N–H and O–H groups in total. The Balaban J connectivity index is 1.90. The van der Waals surface area contributed by atoms with Gasteiger partial charge in [0.05, 0.1) is 17.6 Å². The third-order valence-electron chi connectivity index (χ3n) is 3.81. The number of hydrogen-bond donors (Lipinski definition) is 2. The monoisotopic (exact) mass is 256 g/mol. The van der Waals surface area contributed by atoms with Crippen molar-refractivity contribution >= 4 is 5.69 Å².